The molecule has 0 amide bonds. The Labute approximate surface area is 125 Å². The highest BCUT2D eigenvalue weighted by Gasteiger charge is 2.15. The van der Waals surface area contributed by atoms with Gasteiger partial charge in [0.15, 0.2) is 5.82 Å². The molecule has 0 heterocycles. The first-order chi connectivity index (χ1) is 8.49. The lowest BCUT2D eigenvalue weighted by Gasteiger charge is -2.21. The summed E-state index contributed by atoms with van der Waals surface area (Å²) in [4.78, 5) is 2.09. The van der Waals surface area contributed by atoms with Crippen LogP contribution in [0, 0.1) is 5.82 Å². The smallest absolute Gasteiger partial charge is 0.161 e. The van der Waals surface area contributed by atoms with E-state index in [0.29, 0.717) is 15.7 Å². The van der Waals surface area contributed by atoms with E-state index in [9.17, 15) is 4.39 Å². The molecule has 0 unspecified atom stereocenters. The minimum atomic E-state index is -0.313. The quantitative estimate of drug-likeness (QED) is 0.628. The van der Waals surface area contributed by atoms with Gasteiger partial charge in [-0.25, -0.2) is 4.39 Å². The number of thioether (sulfide) groups is 1. The Balaban J connectivity index is 2.90. The number of benzene rings is 1. The zero-order valence-corrected chi connectivity index (χ0v) is 13.6. The molecule has 0 atom stereocenters. The summed E-state index contributed by atoms with van der Waals surface area (Å²) in [5, 5.41) is 0. The Morgan fingerprint density at radius 1 is 1.56 bits per heavy atom. The number of hydrogen-bond acceptors (Lipinski definition) is 3. The second-order valence-corrected chi connectivity index (χ2v) is 6.11. The molecule has 6 heteroatoms. The summed E-state index contributed by atoms with van der Waals surface area (Å²) in [6, 6.07) is 3.46. The number of hydrogen-bond donors (Lipinski definition) is 1. The standard InChI is InChI=1S/C12H16BrFN2S2/c1-16(6-3-7-18-2)9-5-4-8(12(15)17)10(13)11(9)14/h4-5H,3,6-7H2,1-2H3,(H2,15,17). The average molecular weight is 351 g/mol. The number of rotatable bonds is 6. The van der Waals surface area contributed by atoms with Crippen LogP contribution in [0.25, 0.3) is 0 Å². The molecule has 0 radical (unpaired) electrons. The van der Waals surface area contributed by atoms with Gasteiger partial charge >= 0.3 is 0 Å². The monoisotopic (exact) mass is 350 g/mol. The average Bonchev–Trinajstić information content (AvgIpc) is 2.32. The SMILES string of the molecule is CSCCCN(C)c1ccc(C(N)=S)c(Br)c1F. The molecule has 0 spiro atoms. The Bertz CT molecular complexity index is 440. The number of halogens is 2. The van der Waals surface area contributed by atoms with Gasteiger partial charge in [-0.2, -0.15) is 11.8 Å². The molecule has 1 aromatic carbocycles. The van der Waals surface area contributed by atoms with Crippen molar-refractivity contribution in [2.45, 2.75) is 6.42 Å². The van der Waals surface area contributed by atoms with Crippen LogP contribution in [0.4, 0.5) is 10.1 Å². The van der Waals surface area contributed by atoms with Crippen LogP contribution in [0.3, 0.4) is 0 Å². The Morgan fingerprint density at radius 2 is 2.22 bits per heavy atom. The lowest BCUT2D eigenvalue weighted by Crippen LogP contribution is -2.21. The molecule has 0 saturated carbocycles. The van der Waals surface area contributed by atoms with Crippen LogP contribution in [-0.4, -0.2) is 30.6 Å². The van der Waals surface area contributed by atoms with Crippen molar-refractivity contribution in [3.05, 3.63) is 28.0 Å². The van der Waals surface area contributed by atoms with E-state index in [4.69, 9.17) is 18.0 Å². The van der Waals surface area contributed by atoms with Crippen molar-refractivity contribution >= 4 is 50.6 Å². The van der Waals surface area contributed by atoms with Gasteiger partial charge in [-0.3, -0.25) is 0 Å². The van der Waals surface area contributed by atoms with Gasteiger partial charge < -0.3 is 10.6 Å². The van der Waals surface area contributed by atoms with Crippen molar-refractivity contribution in [3.63, 3.8) is 0 Å². The predicted molar refractivity (Wildman–Crippen MR) is 86.3 cm³/mol. The van der Waals surface area contributed by atoms with Crippen LogP contribution in [0.5, 0.6) is 0 Å². The van der Waals surface area contributed by atoms with Crippen molar-refractivity contribution in [2.24, 2.45) is 5.73 Å². The summed E-state index contributed by atoms with van der Waals surface area (Å²) in [7, 11) is 1.88. The maximum Gasteiger partial charge on any atom is 0.161 e. The van der Waals surface area contributed by atoms with E-state index in [1.807, 2.05) is 11.9 Å². The number of nitrogens with zero attached hydrogens (tertiary/aromatic N) is 1. The van der Waals surface area contributed by atoms with Crippen LogP contribution in [0.2, 0.25) is 0 Å². The fourth-order valence-electron chi connectivity index (χ4n) is 1.59. The molecule has 0 aliphatic carbocycles. The zero-order valence-electron chi connectivity index (χ0n) is 10.4. The molecule has 100 valence electrons. The first kappa shape index (κ1) is 15.7. The lowest BCUT2D eigenvalue weighted by atomic mass is 10.2. The Morgan fingerprint density at radius 3 is 2.78 bits per heavy atom. The maximum atomic E-state index is 14.2. The van der Waals surface area contributed by atoms with Crippen LogP contribution >= 0.6 is 39.9 Å². The van der Waals surface area contributed by atoms with Gasteiger partial charge in [0, 0.05) is 19.2 Å². The van der Waals surface area contributed by atoms with Gasteiger partial charge in [0.1, 0.15) is 4.99 Å². The Hall–Kier alpha value is -0.330. The molecular weight excluding hydrogens is 335 g/mol. The summed E-state index contributed by atoms with van der Waals surface area (Å²) in [5.74, 6) is 0.755. The molecule has 0 aliphatic heterocycles. The molecule has 18 heavy (non-hydrogen) atoms. The van der Waals surface area contributed by atoms with E-state index >= 15 is 0 Å². The van der Waals surface area contributed by atoms with Gasteiger partial charge in [-0.15, -0.1) is 0 Å². The van der Waals surface area contributed by atoms with Crippen LogP contribution < -0.4 is 10.6 Å². The van der Waals surface area contributed by atoms with Crippen molar-refractivity contribution in [1.82, 2.24) is 0 Å². The third kappa shape index (κ3) is 3.83. The zero-order chi connectivity index (χ0) is 13.7. The molecular formula is C12H16BrFN2S2. The molecule has 2 nitrogen and oxygen atoms in total. The third-order valence-corrected chi connectivity index (χ3v) is 4.27. The van der Waals surface area contributed by atoms with Gasteiger partial charge in [0.05, 0.1) is 10.2 Å². The van der Waals surface area contributed by atoms with Crippen molar-refractivity contribution < 1.29 is 4.39 Å². The van der Waals surface area contributed by atoms with Crippen molar-refractivity contribution in [1.29, 1.82) is 0 Å². The normalized spacial score (nSPS) is 10.4. The fraction of sp³-hybridized carbons (Fsp3) is 0.417. The van der Waals surface area contributed by atoms with Crippen LogP contribution in [-0.2, 0) is 0 Å². The van der Waals surface area contributed by atoms with Crippen molar-refractivity contribution in [2.75, 3.05) is 30.5 Å². The maximum absolute atomic E-state index is 14.2. The van der Waals surface area contributed by atoms with Crippen LogP contribution in [0.15, 0.2) is 16.6 Å². The summed E-state index contributed by atoms with van der Waals surface area (Å²) in [6.07, 6.45) is 3.08. The number of anilines is 1. The second kappa shape index (κ2) is 7.31. The third-order valence-electron chi connectivity index (χ3n) is 2.58. The number of nitrogens with two attached hydrogens (primary N) is 1. The van der Waals surface area contributed by atoms with Crippen molar-refractivity contribution in [3.8, 4) is 0 Å². The van der Waals surface area contributed by atoms with Crippen LogP contribution in [0.1, 0.15) is 12.0 Å². The largest absolute Gasteiger partial charge is 0.389 e. The first-order valence-corrected chi connectivity index (χ1v) is 8.06. The molecule has 0 aliphatic rings. The molecule has 0 bridgehead atoms. The summed E-state index contributed by atoms with van der Waals surface area (Å²) < 4.78 is 14.5. The minimum Gasteiger partial charge on any atom is -0.389 e. The van der Waals surface area contributed by atoms with E-state index in [1.165, 1.54) is 0 Å². The first-order valence-electron chi connectivity index (χ1n) is 5.47. The van der Waals surface area contributed by atoms with Gasteiger partial charge in [-0.05, 0) is 46.5 Å². The Kier molecular flexibility index (Phi) is 6.38. The fourth-order valence-corrected chi connectivity index (χ4v) is 2.86. The number of thiocarbonyl (C=S) groups is 1. The summed E-state index contributed by atoms with van der Waals surface area (Å²) >= 11 is 9.87. The second-order valence-electron chi connectivity index (χ2n) is 3.89. The summed E-state index contributed by atoms with van der Waals surface area (Å²) in [5.41, 5.74) is 6.62. The highest BCUT2D eigenvalue weighted by molar-refractivity contribution is 9.10. The van der Waals surface area contributed by atoms with E-state index in [-0.39, 0.29) is 10.8 Å². The minimum absolute atomic E-state index is 0.192. The predicted octanol–water partition coefficient (Wildman–Crippen LogP) is 3.41. The molecule has 2 N–H and O–H groups in total. The lowest BCUT2D eigenvalue weighted by molar-refractivity contribution is 0.615. The van der Waals surface area contributed by atoms with E-state index in [2.05, 4.69) is 22.2 Å². The van der Waals surface area contributed by atoms with E-state index in [1.54, 1.807) is 23.9 Å². The molecule has 0 saturated heterocycles. The van der Waals surface area contributed by atoms with Gasteiger partial charge in [0.2, 0.25) is 0 Å². The van der Waals surface area contributed by atoms with E-state index < -0.39 is 0 Å². The summed E-state index contributed by atoms with van der Waals surface area (Å²) in [6.45, 7) is 0.816. The topological polar surface area (TPSA) is 29.3 Å². The molecule has 1 rings (SSSR count). The highest BCUT2D eigenvalue weighted by Crippen LogP contribution is 2.29. The highest BCUT2D eigenvalue weighted by atomic mass is 79.9. The van der Waals surface area contributed by atoms with Gasteiger partial charge in [0.25, 0.3) is 0 Å². The molecule has 0 fully saturated rings. The molecule has 0 aromatic heterocycles. The van der Waals surface area contributed by atoms with Gasteiger partial charge in [-0.1, -0.05) is 12.2 Å². The van der Waals surface area contributed by atoms with E-state index in [0.717, 1.165) is 18.7 Å². The molecule has 1 aromatic rings.